The van der Waals surface area contributed by atoms with Crippen LogP contribution in [0.1, 0.15) is 16.7 Å². The van der Waals surface area contributed by atoms with Crippen molar-refractivity contribution in [1.82, 2.24) is 9.97 Å². The van der Waals surface area contributed by atoms with Gasteiger partial charge in [0.15, 0.2) is 0 Å². The van der Waals surface area contributed by atoms with E-state index in [1.54, 1.807) is 48.5 Å². The smallest absolute Gasteiger partial charge is 0.270 e. The van der Waals surface area contributed by atoms with Crippen LogP contribution in [0.3, 0.4) is 0 Å². The van der Waals surface area contributed by atoms with Gasteiger partial charge in [-0.1, -0.05) is 48.5 Å². The number of nitrogens with one attached hydrogen (secondary N) is 2. The first-order chi connectivity index (χ1) is 16.5. The first kappa shape index (κ1) is 22.4. The van der Waals surface area contributed by atoms with Crippen LogP contribution in [0.4, 0.5) is 14.7 Å². The van der Waals surface area contributed by atoms with E-state index >= 15 is 0 Å². The molecule has 0 atom stereocenters. The lowest BCUT2D eigenvalue weighted by atomic mass is 10.1. The summed E-state index contributed by atoms with van der Waals surface area (Å²) in [5.74, 6) is -1.27. The van der Waals surface area contributed by atoms with Crippen molar-refractivity contribution < 1.29 is 13.5 Å². The fourth-order valence-electron chi connectivity index (χ4n) is 3.14. The number of anilines is 1. The Labute approximate surface area is 193 Å². The first-order valence-electron chi connectivity index (χ1n) is 10.1. The molecule has 4 rings (SSSR count). The molecule has 4 aromatic rings. The van der Waals surface area contributed by atoms with Crippen molar-refractivity contribution in [3.63, 3.8) is 0 Å². The highest BCUT2D eigenvalue weighted by Gasteiger charge is 2.12. The van der Waals surface area contributed by atoms with Gasteiger partial charge in [0.2, 0.25) is 5.95 Å². The maximum Gasteiger partial charge on any atom is 0.270 e. The van der Waals surface area contributed by atoms with E-state index in [2.05, 4.69) is 20.5 Å². The van der Waals surface area contributed by atoms with Gasteiger partial charge in [-0.05, 0) is 17.2 Å². The van der Waals surface area contributed by atoms with Crippen LogP contribution < -0.4 is 15.7 Å². The topological polar surface area (TPSA) is 103 Å². The first-order valence-corrected chi connectivity index (χ1v) is 10.1. The lowest BCUT2D eigenvalue weighted by Gasteiger charge is -2.07. The monoisotopic (exact) mass is 457 g/mol. The van der Waals surface area contributed by atoms with Crippen molar-refractivity contribution in [2.45, 2.75) is 6.61 Å². The van der Waals surface area contributed by atoms with Gasteiger partial charge in [-0.15, -0.1) is 0 Å². The third-order valence-corrected chi connectivity index (χ3v) is 4.66. The Bertz CT molecular complexity index is 1430. The molecule has 0 aliphatic carbocycles. The summed E-state index contributed by atoms with van der Waals surface area (Å²) in [6.07, 6.45) is 1.51. The summed E-state index contributed by atoms with van der Waals surface area (Å²) in [6.45, 7) is 0.100. The molecular formula is C25H17F2N5O2. The molecule has 0 spiro atoms. The Morgan fingerprint density at radius 1 is 1.06 bits per heavy atom. The number of benzene rings is 3. The van der Waals surface area contributed by atoms with Gasteiger partial charge in [-0.25, -0.2) is 19.2 Å². The highest BCUT2D eigenvalue weighted by atomic mass is 19.1. The Hall–Kier alpha value is -4.84. The second kappa shape index (κ2) is 10.2. The van der Waals surface area contributed by atoms with Crippen LogP contribution in [0.5, 0.6) is 5.75 Å². The number of aromatic nitrogens is 2. The van der Waals surface area contributed by atoms with Crippen LogP contribution in [0.15, 0.2) is 82.7 Å². The molecule has 168 valence electrons. The second-order valence-electron chi connectivity index (χ2n) is 7.12. The zero-order chi connectivity index (χ0) is 23.9. The Morgan fingerprint density at radius 2 is 1.82 bits per heavy atom. The summed E-state index contributed by atoms with van der Waals surface area (Å²) in [4.78, 5) is 19.1. The van der Waals surface area contributed by atoms with Crippen molar-refractivity contribution in [3.8, 4) is 23.1 Å². The molecule has 0 amide bonds. The summed E-state index contributed by atoms with van der Waals surface area (Å²) in [6, 6.07) is 20.9. The van der Waals surface area contributed by atoms with Crippen LogP contribution >= 0.6 is 0 Å². The molecule has 0 fully saturated rings. The van der Waals surface area contributed by atoms with Gasteiger partial charge in [0.25, 0.3) is 5.56 Å². The number of hydrogen-bond donors (Lipinski definition) is 2. The Morgan fingerprint density at radius 3 is 2.56 bits per heavy atom. The Balaban J connectivity index is 1.47. The van der Waals surface area contributed by atoms with E-state index in [9.17, 15) is 18.8 Å². The van der Waals surface area contributed by atoms with E-state index in [1.165, 1.54) is 6.21 Å². The van der Waals surface area contributed by atoms with E-state index < -0.39 is 17.2 Å². The van der Waals surface area contributed by atoms with Gasteiger partial charge in [0, 0.05) is 23.8 Å². The zero-order valence-corrected chi connectivity index (χ0v) is 17.6. The molecule has 7 nitrogen and oxygen atoms in total. The quantitative estimate of drug-likeness (QED) is 0.312. The summed E-state index contributed by atoms with van der Waals surface area (Å²) in [7, 11) is 0. The van der Waals surface area contributed by atoms with Crippen LogP contribution in [0, 0.1) is 23.0 Å². The average Bonchev–Trinajstić information content (AvgIpc) is 2.83. The maximum atomic E-state index is 13.3. The minimum absolute atomic E-state index is 0.0757. The van der Waals surface area contributed by atoms with Gasteiger partial charge in [0.05, 0.1) is 11.9 Å². The molecule has 0 aliphatic rings. The summed E-state index contributed by atoms with van der Waals surface area (Å²) < 4.78 is 32.1. The normalized spacial score (nSPS) is 10.7. The fourth-order valence-corrected chi connectivity index (χ4v) is 3.14. The molecule has 3 aromatic carbocycles. The van der Waals surface area contributed by atoms with Crippen molar-refractivity contribution in [2.24, 2.45) is 5.10 Å². The van der Waals surface area contributed by atoms with E-state index in [0.717, 1.165) is 23.8 Å². The van der Waals surface area contributed by atoms with Crippen molar-refractivity contribution in [3.05, 3.63) is 111 Å². The molecule has 0 saturated carbocycles. The van der Waals surface area contributed by atoms with Crippen molar-refractivity contribution in [2.75, 3.05) is 5.43 Å². The van der Waals surface area contributed by atoms with Gasteiger partial charge in [-0.3, -0.25) is 9.78 Å². The number of ether oxygens (including phenoxy) is 1. The van der Waals surface area contributed by atoms with Crippen LogP contribution in [0.25, 0.3) is 11.3 Å². The molecule has 1 aromatic heterocycles. The summed E-state index contributed by atoms with van der Waals surface area (Å²) in [5.41, 5.74) is 4.33. The molecule has 0 radical (unpaired) electrons. The van der Waals surface area contributed by atoms with E-state index in [0.29, 0.717) is 11.1 Å². The standard InChI is InChI=1S/C25H17F2N5O2/c26-19-10-20(27)12-21(11-19)34-15-17-6-4-5-16(9-17)14-29-32-25-30-23(18-7-2-1-3-8-18)22(13-28)24(33)31-25/h1-12,14H,15H2,(H2,30,31,32,33). The molecular weight excluding hydrogens is 440 g/mol. The Kier molecular flexibility index (Phi) is 6.70. The molecule has 2 N–H and O–H groups in total. The number of nitrogens with zero attached hydrogens (tertiary/aromatic N) is 3. The molecule has 34 heavy (non-hydrogen) atoms. The second-order valence-corrected chi connectivity index (χ2v) is 7.12. The van der Waals surface area contributed by atoms with Crippen molar-refractivity contribution >= 4 is 12.2 Å². The fraction of sp³-hybridized carbons (Fsp3) is 0.0400. The van der Waals surface area contributed by atoms with Gasteiger partial charge < -0.3 is 4.74 Å². The number of aromatic amines is 1. The third-order valence-electron chi connectivity index (χ3n) is 4.66. The number of rotatable bonds is 7. The largest absolute Gasteiger partial charge is 0.489 e. The average molecular weight is 457 g/mol. The predicted molar refractivity (Wildman–Crippen MR) is 123 cm³/mol. The van der Waals surface area contributed by atoms with E-state index in [4.69, 9.17) is 4.74 Å². The van der Waals surface area contributed by atoms with Gasteiger partial charge in [0.1, 0.15) is 35.6 Å². The van der Waals surface area contributed by atoms with Gasteiger partial charge >= 0.3 is 0 Å². The molecule has 1 heterocycles. The number of halogens is 2. The predicted octanol–water partition coefficient (Wildman–Crippen LogP) is 4.61. The lowest BCUT2D eigenvalue weighted by molar-refractivity contribution is 0.302. The number of H-pyrrole nitrogens is 1. The van der Waals surface area contributed by atoms with Crippen LogP contribution in [-0.2, 0) is 6.61 Å². The molecule has 0 unspecified atom stereocenters. The SMILES string of the molecule is N#Cc1c(-c2ccccc2)nc(NN=Cc2cccc(COc3cc(F)cc(F)c3)c2)[nH]c1=O. The number of hydrogen-bond acceptors (Lipinski definition) is 6. The van der Waals surface area contributed by atoms with Crippen LogP contribution in [-0.4, -0.2) is 16.2 Å². The van der Waals surface area contributed by atoms with Gasteiger partial charge in [-0.2, -0.15) is 10.4 Å². The third kappa shape index (κ3) is 5.49. The maximum absolute atomic E-state index is 13.3. The molecule has 9 heteroatoms. The summed E-state index contributed by atoms with van der Waals surface area (Å²) >= 11 is 0. The summed E-state index contributed by atoms with van der Waals surface area (Å²) in [5, 5.41) is 13.4. The molecule has 0 bridgehead atoms. The highest BCUT2D eigenvalue weighted by molar-refractivity contribution is 5.80. The zero-order valence-electron chi connectivity index (χ0n) is 17.6. The molecule has 0 aliphatic heterocycles. The number of hydrazone groups is 1. The lowest BCUT2D eigenvalue weighted by Crippen LogP contribution is -2.16. The van der Waals surface area contributed by atoms with E-state index in [1.807, 2.05) is 12.1 Å². The highest BCUT2D eigenvalue weighted by Crippen LogP contribution is 2.20. The van der Waals surface area contributed by atoms with Crippen molar-refractivity contribution in [1.29, 1.82) is 5.26 Å². The van der Waals surface area contributed by atoms with E-state index in [-0.39, 0.29) is 29.6 Å². The minimum Gasteiger partial charge on any atom is -0.489 e. The minimum atomic E-state index is -0.716. The number of nitriles is 1. The molecule has 0 saturated heterocycles. The van der Waals surface area contributed by atoms with Crippen LogP contribution in [0.2, 0.25) is 0 Å².